The van der Waals surface area contributed by atoms with Gasteiger partial charge in [0.2, 0.25) is 0 Å². The molecule has 0 atom stereocenters. The fourth-order valence-electron chi connectivity index (χ4n) is 2.82. The third kappa shape index (κ3) is 7.14. The quantitative estimate of drug-likeness (QED) is 0.376. The van der Waals surface area contributed by atoms with E-state index in [1.807, 2.05) is 49.4 Å². The molecule has 0 fully saturated rings. The fourth-order valence-corrected chi connectivity index (χ4v) is 2.82. The highest BCUT2D eigenvalue weighted by atomic mass is 16.5. The van der Waals surface area contributed by atoms with Gasteiger partial charge in [-0.25, -0.2) is 0 Å². The van der Waals surface area contributed by atoms with Gasteiger partial charge in [0.15, 0.2) is 6.61 Å². The van der Waals surface area contributed by atoms with Crippen LogP contribution < -0.4 is 20.3 Å². The van der Waals surface area contributed by atoms with Crippen LogP contribution in [0, 0.1) is 0 Å². The molecular formula is C25H26N2O5. The van der Waals surface area contributed by atoms with Gasteiger partial charge in [-0.2, -0.15) is 0 Å². The summed E-state index contributed by atoms with van der Waals surface area (Å²) in [6.45, 7) is 3.27. The van der Waals surface area contributed by atoms with E-state index in [-0.39, 0.29) is 6.61 Å². The van der Waals surface area contributed by atoms with E-state index < -0.39 is 11.8 Å². The van der Waals surface area contributed by atoms with Crippen LogP contribution in [0.15, 0.2) is 78.9 Å². The zero-order valence-electron chi connectivity index (χ0n) is 17.9. The lowest BCUT2D eigenvalue weighted by Crippen LogP contribution is -2.43. The Bertz CT molecular complexity index is 989. The first-order valence-electron chi connectivity index (χ1n) is 10.3. The molecule has 0 saturated carbocycles. The van der Waals surface area contributed by atoms with Gasteiger partial charge in [-0.3, -0.25) is 20.4 Å². The molecule has 7 nitrogen and oxygen atoms in total. The molecule has 0 aliphatic carbocycles. The van der Waals surface area contributed by atoms with Crippen LogP contribution in [0.25, 0.3) is 11.1 Å². The Morgan fingerprint density at radius 2 is 1.34 bits per heavy atom. The first-order valence-corrected chi connectivity index (χ1v) is 10.3. The molecule has 2 amide bonds. The van der Waals surface area contributed by atoms with Crippen molar-refractivity contribution in [2.24, 2.45) is 0 Å². The average molecular weight is 434 g/mol. The highest BCUT2D eigenvalue weighted by Gasteiger charge is 2.08. The summed E-state index contributed by atoms with van der Waals surface area (Å²) in [5, 5.41) is 0. The van der Waals surface area contributed by atoms with E-state index in [0.29, 0.717) is 36.9 Å². The molecular weight excluding hydrogens is 408 g/mol. The predicted octanol–water partition coefficient (Wildman–Crippen LogP) is 3.61. The summed E-state index contributed by atoms with van der Waals surface area (Å²) in [6, 6.07) is 24.0. The lowest BCUT2D eigenvalue weighted by atomic mass is 10.1. The smallest absolute Gasteiger partial charge is 0.276 e. The van der Waals surface area contributed by atoms with Gasteiger partial charge in [-0.05, 0) is 54.4 Å². The van der Waals surface area contributed by atoms with Crippen LogP contribution >= 0.6 is 0 Å². The number of amides is 2. The Hall–Kier alpha value is -3.84. The normalized spacial score (nSPS) is 10.3. The standard InChI is InChI=1S/C25H26N2O5/c1-2-30-16-17-31-22-14-10-21(11-15-22)25(29)27-26-24(28)18-32-23-12-8-20(9-13-23)19-6-4-3-5-7-19/h3-15H,2,16-18H2,1H3,(H,26,28)(H,27,29). The van der Waals surface area contributed by atoms with Crippen LogP contribution in [0.1, 0.15) is 17.3 Å². The molecule has 32 heavy (non-hydrogen) atoms. The van der Waals surface area contributed by atoms with Crippen molar-refractivity contribution in [1.29, 1.82) is 0 Å². The van der Waals surface area contributed by atoms with Crippen molar-refractivity contribution in [3.05, 3.63) is 84.4 Å². The van der Waals surface area contributed by atoms with Crippen molar-refractivity contribution >= 4 is 11.8 Å². The monoisotopic (exact) mass is 434 g/mol. The summed E-state index contributed by atoms with van der Waals surface area (Å²) in [7, 11) is 0. The van der Waals surface area contributed by atoms with Crippen LogP contribution in [-0.2, 0) is 9.53 Å². The Morgan fingerprint density at radius 1 is 0.719 bits per heavy atom. The highest BCUT2D eigenvalue weighted by molar-refractivity contribution is 5.95. The molecule has 3 rings (SSSR count). The van der Waals surface area contributed by atoms with Gasteiger partial charge in [0, 0.05) is 12.2 Å². The number of rotatable bonds is 10. The minimum absolute atomic E-state index is 0.225. The van der Waals surface area contributed by atoms with Gasteiger partial charge in [-0.1, -0.05) is 42.5 Å². The van der Waals surface area contributed by atoms with Crippen molar-refractivity contribution in [2.45, 2.75) is 6.92 Å². The van der Waals surface area contributed by atoms with E-state index in [1.165, 1.54) is 0 Å². The van der Waals surface area contributed by atoms with Gasteiger partial charge < -0.3 is 14.2 Å². The van der Waals surface area contributed by atoms with E-state index in [4.69, 9.17) is 14.2 Å². The Labute approximate surface area is 187 Å². The van der Waals surface area contributed by atoms with Gasteiger partial charge in [-0.15, -0.1) is 0 Å². The summed E-state index contributed by atoms with van der Waals surface area (Å²) >= 11 is 0. The number of ether oxygens (including phenoxy) is 3. The lowest BCUT2D eigenvalue weighted by Gasteiger charge is -2.10. The van der Waals surface area contributed by atoms with Crippen molar-refractivity contribution in [2.75, 3.05) is 26.4 Å². The summed E-state index contributed by atoms with van der Waals surface area (Å²) in [5.41, 5.74) is 7.25. The number of benzene rings is 3. The zero-order valence-corrected chi connectivity index (χ0v) is 17.9. The molecule has 7 heteroatoms. The molecule has 0 saturated heterocycles. The number of hydrogen-bond donors (Lipinski definition) is 2. The summed E-state index contributed by atoms with van der Waals surface area (Å²) in [6.07, 6.45) is 0. The van der Waals surface area contributed by atoms with Crippen molar-refractivity contribution in [1.82, 2.24) is 10.9 Å². The second-order valence-corrected chi connectivity index (χ2v) is 6.75. The Kier molecular flexibility index (Phi) is 8.65. The maximum atomic E-state index is 12.2. The molecule has 0 spiro atoms. The number of hydrogen-bond acceptors (Lipinski definition) is 5. The van der Waals surface area contributed by atoms with E-state index in [2.05, 4.69) is 10.9 Å². The van der Waals surface area contributed by atoms with E-state index in [9.17, 15) is 9.59 Å². The molecule has 3 aromatic carbocycles. The molecule has 3 aromatic rings. The van der Waals surface area contributed by atoms with Crippen molar-refractivity contribution in [3.63, 3.8) is 0 Å². The average Bonchev–Trinajstić information content (AvgIpc) is 2.85. The van der Waals surface area contributed by atoms with Gasteiger partial charge in [0.05, 0.1) is 6.61 Å². The molecule has 0 aromatic heterocycles. The van der Waals surface area contributed by atoms with Crippen LogP contribution in [-0.4, -0.2) is 38.2 Å². The molecule has 2 N–H and O–H groups in total. The molecule has 0 bridgehead atoms. The van der Waals surface area contributed by atoms with E-state index in [1.54, 1.807) is 36.4 Å². The van der Waals surface area contributed by atoms with Crippen molar-refractivity contribution in [3.8, 4) is 22.6 Å². The van der Waals surface area contributed by atoms with E-state index in [0.717, 1.165) is 11.1 Å². The second-order valence-electron chi connectivity index (χ2n) is 6.75. The molecule has 0 aliphatic rings. The number of carbonyl (C=O) groups is 2. The summed E-state index contributed by atoms with van der Waals surface area (Å²) < 4.78 is 16.2. The first-order chi connectivity index (χ1) is 15.7. The Morgan fingerprint density at radius 3 is 2.03 bits per heavy atom. The van der Waals surface area contributed by atoms with E-state index >= 15 is 0 Å². The van der Waals surface area contributed by atoms with Gasteiger partial charge >= 0.3 is 0 Å². The number of nitrogens with one attached hydrogen (secondary N) is 2. The molecule has 0 unspecified atom stereocenters. The second kappa shape index (κ2) is 12.1. The summed E-state index contributed by atoms with van der Waals surface area (Å²) in [5.74, 6) is 0.288. The highest BCUT2D eigenvalue weighted by Crippen LogP contribution is 2.22. The molecule has 0 radical (unpaired) electrons. The number of hydrazine groups is 1. The lowest BCUT2D eigenvalue weighted by molar-refractivity contribution is -0.123. The maximum Gasteiger partial charge on any atom is 0.276 e. The zero-order chi connectivity index (χ0) is 22.6. The molecule has 0 heterocycles. The van der Waals surface area contributed by atoms with Crippen molar-refractivity contribution < 1.29 is 23.8 Å². The van der Waals surface area contributed by atoms with Gasteiger partial charge in [0.25, 0.3) is 11.8 Å². The largest absolute Gasteiger partial charge is 0.491 e. The van der Waals surface area contributed by atoms with Gasteiger partial charge in [0.1, 0.15) is 18.1 Å². The topological polar surface area (TPSA) is 85.9 Å². The van der Waals surface area contributed by atoms with Crippen LogP contribution in [0.3, 0.4) is 0 Å². The van der Waals surface area contributed by atoms with Crippen LogP contribution in [0.5, 0.6) is 11.5 Å². The number of carbonyl (C=O) groups excluding carboxylic acids is 2. The predicted molar refractivity (Wildman–Crippen MR) is 121 cm³/mol. The first kappa shape index (κ1) is 22.8. The minimum atomic E-state index is -0.471. The van der Waals surface area contributed by atoms with Crippen LogP contribution in [0.2, 0.25) is 0 Å². The maximum absolute atomic E-state index is 12.2. The minimum Gasteiger partial charge on any atom is -0.491 e. The summed E-state index contributed by atoms with van der Waals surface area (Å²) in [4.78, 5) is 24.2. The molecule has 0 aliphatic heterocycles. The fraction of sp³-hybridized carbons (Fsp3) is 0.200. The molecule has 166 valence electrons. The van der Waals surface area contributed by atoms with Crippen LogP contribution in [0.4, 0.5) is 0 Å². The SMILES string of the molecule is CCOCCOc1ccc(C(=O)NNC(=O)COc2ccc(-c3ccccc3)cc2)cc1. The Balaban J connectivity index is 1.39. The third-order valence-corrected chi connectivity index (χ3v) is 4.46. The third-order valence-electron chi connectivity index (χ3n) is 4.46.